The molecule has 27 heavy (non-hydrogen) atoms. The highest BCUT2D eigenvalue weighted by molar-refractivity contribution is 7.92. The van der Waals surface area contributed by atoms with Crippen LogP contribution in [0.15, 0.2) is 10.3 Å². The van der Waals surface area contributed by atoms with Gasteiger partial charge in [0.1, 0.15) is 10.8 Å². The average Bonchev–Trinajstić information content (AvgIpc) is 3.25. The molecule has 9 heteroatoms. The third kappa shape index (κ3) is 3.38. The number of sulfone groups is 1. The van der Waals surface area contributed by atoms with E-state index in [0.717, 1.165) is 23.3 Å². The Bertz CT molecular complexity index is 910. The number of allylic oxidation sites excluding steroid dienone is 1. The summed E-state index contributed by atoms with van der Waals surface area (Å²) in [5.41, 5.74) is 1.55. The van der Waals surface area contributed by atoms with E-state index in [2.05, 4.69) is 0 Å². The number of amides is 2. The minimum atomic E-state index is -3.38. The number of cyclic esters (lactones) is 1. The van der Waals surface area contributed by atoms with Crippen LogP contribution in [0, 0.1) is 0 Å². The predicted molar refractivity (Wildman–Crippen MR) is 102 cm³/mol. The summed E-state index contributed by atoms with van der Waals surface area (Å²) in [5.74, 6) is -0.0936. The van der Waals surface area contributed by atoms with Gasteiger partial charge in [-0.2, -0.15) is 0 Å². The zero-order valence-corrected chi connectivity index (χ0v) is 16.8. The number of hydrogen-bond acceptors (Lipinski definition) is 6. The first-order chi connectivity index (χ1) is 12.9. The van der Waals surface area contributed by atoms with Gasteiger partial charge in [0, 0.05) is 31.0 Å². The fraction of sp³-hybridized carbons (Fsp3) is 0.556. The summed E-state index contributed by atoms with van der Waals surface area (Å²) in [6.45, 7) is 2.16. The van der Waals surface area contributed by atoms with Crippen molar-refractivity contribution >= 4 is 39.3 Å². The van der Waals surface area contributed by atoms with Gasteiger partial charge in [0.15, 0.2) is 9.84 Å². The van der Waals surface area contributed by atoms with E-state index in [1.807, 2.05) is 12.2 Å². The molecule has 0 bridgehead atoms. The Hall–Kier alpha value is -1.87. The molecule has 1 aromatic rings. The maximum atomic E-state index is 13.1. The first-order valence-electron chi connectivity index (χ1n) is 9.11. The fourth-order valence-corrected chi connectivity index (χ4v) is 6.49. The number of carbonyl (C=O) groups excluding carboxylic acids is 2. The van der Waals surface area contributed by atoms with Gasteiger partial charge in [-0.3, -0.25) is 4.79 Å². The molecule has 2 amide bonds. The van der Waals surface area contributed by atoms with Crippen LogP contribution < -0.4 is 0 Å². The average molecular weight is 411 g/mol. The summed E-state index contributed by atoms with van der Waals surface area (Å²) in [7, 11) is -3.38. The Morgan fingerprint density at radius 1 is 1.26 bits per heavy atom. The highest BCUT2D eigenvalue weighted by atomic mass is 32.2. The largest absolute Gasteiger partial charge is 0.448 e. The molecular formula is C18H22N2O5S2. The smallest absolute Gasteiger partial charge is 0.410 e. The van der Waals surface area contributed by atoms with Crippen LogP contribution in [0.1, 0.15) is 40.1 Å². The minimum Gasteiger partial charge on any atom is -0.448 e. The molecule has 0 radical (unpaired) electrons. The summed E-state index contributed by atoms with van der Waals surface area (Å²) in [6.07, 6.45) is 7.64. The number of piperidine rings is 1. The van der Waals surface area contributed by atoms with Gasteiger partial charge >= 0.3 is 6.09 Å². The second-order valence-electron chi connectivity index (χ2n) is 7.16. The van der Waals surface area contributed by atoms with Gasteiger partial charge in [0.2, 0.25) is 0 Å². The minimum absolute atomic E-state index is 0.0936. The number of nitrogens with zero attached hydrogens (tertiary/aromatic N) is 2. The number of likely N-dealkylation sites (tertiary alicyclic amines) is 1. The summed E-state index contributed by atoms with van der Waals surface area (Å²) in [6, 6.07) is 0.107. The number of carbonyl (C=O) groups is 2. The van der Waals surface area contributed by atoms with E-state index >= 15 is 0 Å². The number of rotatable bonds is 3. The highest BCUT2D eigenvalue weighted by Crippen LogP contribution is 2.37. The monoisotopic (exact) mass is 410 g/mol. The zero-order valence-electron chi connectivity index (χ0n) is 15.1. The van der Waals surface area contributed by atoms with Crippen molar-refractivity contribution in [3.63, 3.8) is 0 Å². The molecular weight excluding hydrogens is 388 g/mol. The lowest BCUT2D eigenvalue weighted by atomic mass is 9.98. The van der Waals surface area contributed by atoms with Gasteiger partial charge in [-0.1, -0.05) is 12.2 Å². The van der Waals surface area contributed by atoms with Gasteiger partial charge in [-0.15, -0.1) is 11.3 Å². The van der Waals surface area contributed by atoms with Crippen LogP contribution in [0.4, 0.5) is 4.79 Å². The lowest BCUT2D eigenvalue weighted by molar-refractivity contribution is 0.0662. The second kappa shape index (κ2) is 6.94. The van der Waals surface area contributed by atoms with Crippen molar-refractivity contribution < 1.29 is 22.7 Å². The second-order valence-corrected chi connectivity index (χ2v) is 10.4. The molecule has 0 spiro atoms. The third-order valence-corrected chi connectivity index (χ3v) is 8.46. The van der Waals surface area contributed by atoms with Crippen molar-refractivity contribution in [1.82, 2.24) is 9.80 Å². The van der Waals surface area contributed by atoms with Crippen molar-refractivity contribution in [3.05, 3.63) is 22.1 Å². The van der Waals surface area contributed by atoms with E-state index in [1.165, 1.54) is 6.26 Å². The molecule has 2 fully saturated rings. The van der Waals surface area contributed by atoms with Crippen LogP contribution in [0.25, 0.3) is 6.08 Å². The Labute approximate surface area is 162 Å². The van der Waals surface area contributed by atoms with Crippen molar-refractivity contribution in [2.24, 2.45) is 0 Å². The predicted octanol–water partition coefficient (Wildman–Crippen LogP) is 2.17. The molecule has 3 aliphatic rings. The molecule has 0 atom stereocenters. The molecule has 2 saturated heterocycles. The molecule has 2 aliphatic heterocycles. The first kappa shape index (κ1) is 18.5. The topological polar surface area (TPSA) is 84.0 Å². The van der Waals surface area contributed by atoms with Crippen molar-refractivity contribution in [1.29, 1.82) is 0 Å². The number of ether oxygens (including phenoxy) is 1. The third-order valence-electron chi connectivity index (χ3n) is 5.38. The molecule has 0 saturated carbocycles. The standard InChI is InChI=1S/C18H22N2O5S2/c1-27(23,24)17-14-5-3-2-4-13(14)15(26-17)16(21)19-8-6-12(7-9-19)20-10-11-25-18(20)22/h3,5,12H,2,4,6-11H2,1H3. The molecule has 4 rings (SSSR count). The Morgan fingerprint density at radius 2 is 2.00 bits per heavy atom. The van der Waals surface area contributed by atoms with Crippen molar-refractivity contribution in [3.8, 4) is 0 Å². The van der Waals surface area contributed by atoms with Gasteiger partial charge in [0.05, 0.1) is 11.4 Å². The van der Waals surface area contributed by atoms with E-state index in [9.17, 15) is 18.0 Å². The summed E-state index contributed by atoms with van der Waals surface area (Å²) in [5, 5.41) is 0. The zero-order chi connectivity index (χ0) is 19.2. The number of fused-ring (bicyclic) bond motifs is 1. The number of hydrogen-bond donors (Lipinski definition) is 0. The molecule has 1 aliphatic carbocycles. The Morgan fingerprint density at radius 3 is 2.63 bits per heavy atom. The van der Waals surface area contributed by atoms with Crippen LogP contribution >= 0.6 is 11.3 Å². The van der Waals surface area contributed by atoms with Crippen molar-refractivity contribution in [2.45, 2.75) is 35.9 Å². The summed E-state index contributed by atoms with van der Waals surface area (Å²) in [4.78, 5) is 28.9. The van der Waals surface area contributed by atoms with Crippen LogP contribution in [-0.2, 0) is 21.0 Å². The van der Waals surface area contributed by atoms with E-state index in [4.69, 9.17) is 4.74 Å². The van der Waals surface area contributed by atoms with Gasteiger partial charge in [-0.25, -0.2) is 13.2 Å². The summed E-state index contributed by atoms with van der Waals surface area (Å²) >= 11 is 1.10. The van der Waals surface area contributed by atoms with E-state index in [0.29, 0.717) is 55.9 Å². The maximum Gasteiger partial charge on any atom is 0.410 e. The van der Waals surface area contributed by atoms with Crippen LogP contribution in [0.2, 0.25) is 0 Å². The Balaban J connectivity index is 1.53. The lowest BCUT2D eigenvalue weighted by Crippen LogP contribution is -2.47. The normalized spacial score (nSPS) is 20.7. The quantitative estimate of drug-likeness (QED) is 0.763. The van der Waals surface area contributed by atoms with E-state index in [1.54, 1.807) is 9.80 Å². The molecule has 0 unspecified atom stereocenters. The molecule has 146 valence electrons. The molecule has 0 N–H and O–H groups in total. The van der Waals surface area contributed by atoms with Gasteiger partial charge in [0.25, 0.3) is 5.91 Å². The SMILES string of the molecule is CS(=O)(=O)c1sc(C(=O)N2CCC(N3CCOC3=O)CC2)c2c1C=CCC2. The molecule has 3 heterocycles. The number of thiophene rings is 1. The van der Waals surface area contributed by atoms with E-state index < -0.39 is 9.84 Å². The fourth-order valence-electron chi connectivity index (χ4n) is 4.01. The van der Waals surface area contributed by atoms with Crippen molar-refractivity contribution in [2.75, 3.05) is 32.5 Å². The molecule has 0 aromatic carbocycles. The van der Waals surface area contributed by atoms with Crippen LogP contribution in [0.3, 0.4) is 0 Å². The van der Waals surface area contributed by atoms with Gasteiger partial charge in [-0.05, 0) is 31.2 Å². The summed E-state index contributed by atoms with van der Waals surface area (Å²) < 4.78 is 29.6. The van der Waals surface area contributed by atoms with Crippen LogP contribution in [0.5, 0.6) is 0 Å². The highest BCUT2D eigenvalue weighted by Gasteiger charge is 2.35. The Kier molecular flexibility index (Phi) is 4.75. The lowest BCUT2D eigenvalue weighted by Gasteiger charge is -2.35. The molecule has 7 nitrogen and oxygen atoms in total. The van der Waals surface area contributed by atoms with Gasteiger partial charge < -0.3 is 14.5 Å². The van der Waals surface area contributed by atoms with E-state index in [-0.39, 0.29) is 22.3 Å². The van der Waals surface area contributed by atoms with Crippen LogP contribution in [-0.4, -0.2) is 68.8 Å². The maximum absolute atomic E-state index is 13.1. The first-order valence-corrected chi connectivity index (χ1v) is 11.8. The molecule has 1 aromatic heterocycles.